The van der Waals surface area contributed by atoms with Crippen LogP contribution in [0.25, 0.3) is 0 Å². The zero-order valence-corrected chi connectivity index (χ0v) is 28.6. The van der Waals surface area contributed by atoms with E-state index in [0.29, 0.717) is 36.2 Å². The van der Waals surface area contributed by atoms with E-state index in [0.717, 1.165) is 55.4 Å². The standard InChI is InChI=1S/C36H51N7O3/c1-8-46-28-11-9-10-26(22-28)31-33(45)43(36(38-31)20-16-27(17-21-36)35(5,6)7)29(18-19-34(2,3)4)24-12-14-25(15-13-24)32(44)37-23-30-39-41-42-40-30/h9-15,22,27,29,41-42H,8,16-21,23H2,1-7H3,(H,37,44)(H,39,40)/p+1/t27?,29-,36?/m1/s1. The Hall–Kier alpha value is -3.76. The van der Waals surface area contributed by atoms with Crippen LogP contribution in [0.4, 0.5) is 0 Å². The second-order valence-corrected chi connectivity index (χ2v) is 15.1. The highest BCUT2D eigenvalue weighted by molar-refractivity contribution is 6.46. The van der Waals surface area contributed by atoms with E-state index in [9.17, 15) is 9.59 Å². The maximum Gasteiger partial charge on any atom is 0.275 e. The van der Waals surface area contributed by atoms with E-state index in [1.54, 1.807) is 5.43 Å². The molecule has 10 nitrogen and oxygen atoms in total. The van der Waals surface area contributed by atoms with E-state index in [-0.39, 0.29) is 28.7 Å². The molecule has 1 atom stereocenters. The van der Waals surface area contributed by atoms with E-state index in [2.05, 4.69) is 67.9 Å². The van der Waals surface area contributed by atoms with Crippen LogP contribution in [0.3, 0.4) is 0 Å². The lowest BCUT2D eigenvalue weighted by atomic mass is 9.69. The number of hydrogen-bond donors (Lipinski definition) is 4. The number of amides is 2. The molecule has 0 saturated heterocycles. The Kier molecular flexibility index (Phi) is 9.89. The first-order valence-corrected chi connectivity index (χ1v) is 16.7. The summed E-state index contributed by atoms with van der Waals surface area (Å²) in [7, 11) is 0. The third-order valence-corrected chi connectivity index (χ3v) is 9.59. The highest BCUT2D eigenvalue weighted by atomic mass is 16.5. The summed E-state index contributed by atoms with van der Waals surface area (Å²) < 4.78 is 5.80. The Labute approximate surface area is 273 Å². The van der Waals surface area contributed by atoms with Crippen LogP contribution in [-0.2, 0) is 4.79 Å². The Bertz CT molecular complexity index is 1460. The fourth-order valence-corrected chi connectivity index (χ4v) is 6.92. The quantitative estimate of drug-likeness (QED) is 0.280. The number of ether oxygens (including phenoxy) is 1. The van der Waals surface area contributed by atoms with Crippen molar-refractivity contribution in [1.82, 2.24) is 21.3 Å². The lowest BCUT2D eigenvalue weighted by Gasteiger charge is -2.47. The van der Waals surface area contributed by atoms with E-state index in [4.69, 9.17) is 9.73 Å². The molecule has 1 aliphatic carbocycles. The van der Waals surface area contributed by atoms with E-state index >= 15 is 0 Å². The van der Waals surface area contributed by atoms with E-state index < -0.39 is 5.66 Å². The van der Waals surface area contributed by atoms with Crippen LogP contribution in [0, 0.1) is 16.7 Å². The Morgan fingerprint density at radius 2 is 1.83 bits per heavy atom. The first kappa shape index (κ1) is 33.6. The number of nitrogens with zero attached hydrogens (tertiary/aromatic N) is 3. The van der Waals surface area contributed by atoms with Crippen LogP contribution in [-0.4, -0.2) is 47.1 Å². The molecule has 248 valence electrons. The zero-order chi connectivity index (χ0) is 33.1. The minimum absolute atomic E-state index is 0.0283. The molecule has 46 heavy (non-hydrogen) atoms. The van der Waals surface area contributed by atoms with Crippen LogP contribution in [0.1, 0.15) is 115 Å². The number of benzene rings is 2. The summed E-state index contributed by atoms with van der Waals surface area (Å²) >= 11 is 0. The maximum atomic E-state index is 14.7. The summed E-state index contributed by atoms with van der Waals surface area (Å²) in [5.41, 5.74) is 9.71. The van der Waals surface area contributed by atoms with Crippen LogP contribution in [0.15, 0.2) is 58.6 Å². The molecule has 1 spiro atoms. The van der Waals surface area contributed by atoms with Crippen molar-refractivity contribution in [1.29, 1.82) is 0 Å². The summed E-state index contributed by atoms with van der Waals surface area (Å²) in [6.07, 6.45) is 5.41. The number of hydrazine groups is 1. The van der Waals surface area contributed by atoms with Gasteiger partial charge in [-0.3, -0.25) is 14.6 Å². The number of aliphatic imine (C=N–C) groups is 1. The van der Waals surface area contributed by atoms with Gasteiger partial charge in [0.15, 0.2) is 0 Å². The van der Waals surface area contributed by atoms with Gasteiger partial charge in [-0.05, 0) is 92.0 Å². The third kappa shape index (κ3) is 7.61. The second kappa shape index (κ2) is 13.5. The smallest absolute Gasteiger partial charge is 0.275 e. The summed E-state index contributed by atoms with van der Waals surface area (Å²) in [5, 5.41) is 6.98. The van der Waals surface area contributed by atoms with Gasteiger partial charge in [0.05, 0.1) is 12.6 Å². The van der Waals surface area contributed by atoms with Crippen molar-refractivity contribution in [2.75, 3.05) is 13.2 Å². The molecule has 0 aromatic heterocycles. The predicted molar refractivity (Wildman–Crippen MR) is 181 cm³/mol. The van der Waals surface area contributed by atoms with Crippen LogP contribution in [0.2, 0.25) is 0 Å². The van der Waals surface area contributed by atoms with Crippen molar-refractivity contribution in [3.8, 4) is 5.75 Å². The lowest BCUT2D eigenvalue weighted by molar-refractivity contribution is -0.603. The van der Waals surface area contributed by atoms with Gasteiger partial charge in [0.1, 0.15) is 23.7 Å². The van der Waals surface area contributed by atoms with Crippen LogP contribution >= 0.6 is 0 Å². The van der Waals surface area contributed by atoms with Gasteiger partial charge in [0.2, 0.25) is 0 Å². The number of hydrogen-bond acceptors (Lipinski definition) is 7. The van der Waals surface area contributed by atoms with Gasteiger partial charge in [-0.2, -0.15) is 5.53 Å². The monoisotopic (exact) mass is 630 g/mol. The SMILES string of the molecule is CCOc1cccc(C2=NC3(CCC(C(C)(C)C)CC3)N([C@H](CCC(C)(C)C)c3ccc(C(=O)NCC4=NNN[NH2+]4)cc3)C2=O)c1. The fraction of sp³-hybridized carbons (Fsp3) is 0.556. The van der Waals surface area contributed by atoms with Gasteiger partial charge in [-0.25, -0.2) is 5.43 Å². The van der Waals surface area contributed by atoms with Crippen molar-refractivity contribution in [2.45, 2.75) is 98.7 Å². The largest absolute Gasteiger partial charge is 0.494 e. The van der Waals surface area contributed by atoms with Crippen molar-refractivity contribution in [3.05, 3.63) is 65.2 Å². The normalized spacial score (nSPS) is 22.4. The molecule has 0 radical (unpaired) electrons. The zero-order valence-electron chi connectivity index (χ0n) is 28.6. The first-order valence-electron chi connectivity index (χ1n) is 16.7. The number of carbonyl (C=O) groups is 2. The number of carbonyl (C=O) groups excluding carboxylic acids is 2. The molecule has 5 rings (SSSR count). The molecule has 2 aromatic carbocycles. The Balaban J connectivity index is 1.49. The minimum Gasteiger partial charge on any atom is -0.494 e. The number of hydrazone groups is 1. The summed E-state index contributed by atoms with van der Waals surface area (Å²) in [6.45, 7) is 16.5. The molecule has 10 heteroatoms. The van der Waals surface area contributed by atoms with Crippen molar-refractivity contribution in [2.24, 2.45) is 26.8 Å². The van der Waals surface area contributed by atoms with Crippen molar-refractivity contribution >= 4 is 23.4 Å². The lowest BCUT2D eigenvalue weighted by Crippen LogP contribution is -2.96. The number of nitrogens with two attached hydrogens (primary N) is 1. The van der Waals surface area contributed by atoms with Crippen LogP contribution in [0.5, 0.6) is 5.75 Å². The maximum absolute atomic E-state index is 14.7. The Morgan fingerprint density at radius 1 is 1.11 bits per heavy atom. The van der Waals surface area contributed by atoms with Gasteiger partial charge < -0.3 is 15.0 Å². The molecule has 5 N–H and O–H groups in total. The molecule has 2 aliphatic heterocycles. The predicted octanol–water partition coefficient (Wildman–Crippen LogP) is 4.85. The van der Waals surface area contributed by atoms with Crippen molar-refractivity contribution < 1.29 is 19.8 Å². The molecule has 1 saturated carbocycles. The Morgan fingerprint density at radius 3 is 2.43 bits per heavy atom. The van der Waals surface area contributed by atoms with E-state index in [1.807, 2.05) is 55.5 Å². The molecule has 2 amide bonds. The number of amidine groups is 1. The first-order chi connectivity index (χ1) is 21.8. The highest BCUT2D eigenvalue weighted by Crippen LogP contribution is 2.50. The summed E-state index contributed by atoms with van der Waals surface area (Å²) in [6, 6.07) is 15.3. The molecule has 2 heterocycles. The fourth-order valence-electron chi connectivity index (χ4n) is 6.92. The van der Waals surface area contributed by atoms with Gasteiger partial charge >= 0.3 is 0 Å². The second-order valence-electron chi connectivity index (χ2n) is 15.1. The van der Waals surface area contributed by atoms with Crippen LogP contribution < -0.4 is 26.5 Å². The molecule has 0 bridgehead atoms. The summed E-state index contributed by atoms with van der Waals surface area (Å²) in [5.74, 6) is 1.83. The molecular formula is C36H52N7O3+. The molecule has 1 fully saturated rings. The highest BCUT2D eigenvalue weighted by Gasteiger charge is 2.52. The van der Waals surface area contributed by atoms with Gasteiger partial charge in [-0.1, -0.05) is 71.3 Å². The molecular weight excluding hydrogens is 578 g/mol. The number of quaternary nitrogens is 1. The third-order valence-electron chi connectivity index (χ3n) is 9.59. The average Bonchev–Trinajstić information content (AvgIpc) is 3.63. The number of rotatable bonds is 10. The topological polar surface area (TPSA) is 124 Å². The van der Waals surface area contributed by atoms with Gasteiger partial charge in [-0.15, -0.1) is 5.10 Å². The van der Waals surface area contributed by atoms with E-state index in [1.165, 1.54) is 0 Å². The molecule has 0 unspecified atom stereocenters. The molecule has 3 aliphatic rings. The summed E-state index contributed by atoms with van der Waals surface area (Å²) in [4.78, 5) is 35.2. The molecule has 2 aromatic rings. The van der Waals surface area contributed by atoms with Gasteiger partial charge in [0.25, 0.3) is 17.6 Å². The minimum atomic E-state index is -0.616. The van der Waals surface area contributed by atoms with Crippen molar-refractivity contribution in [3.63, 3.8) is 0 Å². The average molecular weight is 631 g/mol. The van der Waals surface area contributed by atoms with Gasteiger partial charge in [0, 0.05) is 11.1 Å². The number of nitrogens with one attached hydrogen (secondary N) is 3.